The monoisotopic (exact) mass is 527 g/mol. The second kappa shape index (κ2) is 10.9. The maximum Gasteiger partial charge on any atom is 0.275 e. The number of nitrogens with one attached hydrogen (secondary N) is 1. The number of aldehydes is 1. The minimum absolute atomic E-state index is 0.00229. The lowest BCUT2D eigenvalue weighted by atomic mass is 10.0. The van der Waals surface area contributed by atoms with Gasteiger partial charge in [0.05, 0.1) is 24.3 Å². The van der Waals surface area contributed by atoms with Crippen molar-refractivity contribution in [1.29, 1.82) is 0 Å². The van der Waals surface area contributed by atoms with E-state index in [2.05, 4.69) is 16.8 Å². The van der Waals surface area contributed by atoms with Gasteiger partial charge in [0.1, 0.15) is 5.82 Å². The lowest BCUT2D eigenvalue weighted by molar-refractivity contribution is -0.146. The Morgan fingerprint density at radius 2 is 1.84 bits per heavy atom. The average molecular weight is 528 g/mol. The van der Waals surface area contributed by atoms with Crippen LogP contribution in [0, 0.1) is 5.82 Å². The van der Waals surface area contributed by atoms with Gasteiger partial charge in [0.15, 0.2) is 12.0 Å². The van der Waals surface area contributed by atoms with E-state index in [1.807, 2.05) is 13.8 Å². The zero-order valence-corrected chi connectivity index (χ0v) is 21.6. The number of hydrogen-bond acceptors (Lipinski definition) is 8. The third kappa shape index (κ3) is 5.50. The summed E-state index contributed by atoms with van der Waals surface area (Å²) in [4.78, 5) is 27.9. The number of amides is 1. The van der Waals surface area contributed by atoms with Crippen molar-refractivity contribution < 1.29 is 34.0 Å². The van der Waals surface area contributed by atoms with Gasteiger partial charge in [-0.15, -0.1) is 6.58 Å². The van der Waals surface area contributed by atoms with E-state index in [-0.39, 0.29) is 48.5 Å². The van der Waals surface area contributed by atoms with Gasteiger partial charge >= 0.3 is 0 Å². The van der Waals surface area contributed by atoms with Crippen LogP contribution in [0.2, 0.25) is 0 Å². The predicted molar refractivity (Wildman–Crippen MR) is 138 cm³/mol. The van der Waals surface area contributed by atoms with Gasteiger partial charge in [-0.1, -0.05) is 24.3 Å². The van der Waals surface area contributed by atoms with E-state index in [9.17, 15) is 24.9 Å². The smallest absolute Gasteiger partial charge is 0.275 e. The van der Waals surface area contributed by atoms with E-state index in [0.717, 1.165) is 4.90 Å². The summed E-state index contributed by atoms with van der Waals surface area (Å²) in [5.74, 6) is -4.16. The molecule has 2 aliphatic rings. The molecule has 2 aromatic carbocycles. The first-order valence-electron chi connectivity index (χ1n) is 12.6. The Bertz CT molecular complexity index is 1210. The quantitative estimate of drug-likeness (QED) is 0.211. The lowest BCUT2D eigenvalue weighted by Gasteiger charge is -2.35. The molecule has 0 spiro atoms. The second-order valence-electron chi connectivity index (χ2n) is 10.1. The van der Waals surface area contributed by atoms with Crippen LogP contribution in [0.5, 0.6) is 0 Å². The van der Waals surface area contributed by atoms with Crippen LogP contribution in [0.25, 0.3) is 0 Å². The van der Waals surface area contributed by atoms with Crippen LogP contribution < -0.4 is 5.32 Å². The van der Waals surface area contributed by atoms with Crippen LogP contribution in [0.3, 0.4) is 0 Å². The summed E-state index contributed by atoms with van der Waals surface area (Å²) >= 11 is 0. The molecule has 3 unspecified atom stereocenters. The highest BCUT2D eigenvalue weighted by molar-refractivity contribution is 6.01. The van der Waals surface area contributed by atoms with Crippen molar-refractivity contribution in [2.24, 2.45) is 0 Å². The molecule has 4 rings (SSSR count). The number of carbonyl (C=O) groups is 2. The number of rotatable bonds is 10. The molecule has 38 heavy (non-hydrogen) atoms. The summed E-state index contributed by atoms with van der Waals surface area (Å²) in [6.07, 6.45) is 2.10. The summed E-state index contributed by atoms with van der Waals surface area (Å²) in [6.45, 7) is 8.84. The summed E-state index contributed by atoms with van der Waals surface area (Å²) in [7, 11) is 0. The van der Waals surface area contributed by atoms with Gasteiger partial charge in [0, 0.05) is 48.4 Å². The number of allylic oxidation sites excluding steroid dienone is 1. The molecule has 0 saturated carbocycles. The molecule has 1 amide bonds. The molecule has 0 aliphatic carbocycles. The largest absolute Gasteiger partial charge is 0.373 e. The van der Waals surface area contributed by atoms with Crippen LogP contribution in [-0.2, 0) is 28.5 Å². The van der Waals surface area contributed by atoms with Crippen molar-refractivity contribution in [3.05, 3.63) is 77.1 Å². The summed E-state index contributed by atoms with van der Waals surface area (Å²) < 4.78 is 21.3. The highest BCUT2D eigenvalue weighted by atomic mass is 19.1. The SMILES string of the molecule is C=CCCC(O)(C=O)N1Cc2c(NC(O)(O)c3cccc(CN4CC(C)OC(C)C4)c3F)cccc2C1=O. The molecule has 2 aliphatic heterocycles. The van der Waals surface area contributed by atoms with E-state index in [4.69, 9.17) is 4.74 Å². The number of aliphatic hydroxyl groups is 3. The van der Waals surface area contributed by atoms with Crippen LogP contribution >= 0.6 is 0 Å². The molecule has 1 fully saturated rings. The fourth-order valence-corrected chi connectivity index (χ4v) is 5.22. The Kier molecular flexibility index (Phi) is 8.01. The average Bonchev–Trinajstić information content (AvgIpc) is 3.21. The molecule has 2 heterocycles. The van der Waals surface area contributed by atoms with Crippen molar-refractivity contribution in [1.82, 2.24) is 9.80 Å². The van der Waals surface area contributed by atoms with Gasteiger partial charge < -0.3 is 25.4 Å². The van der Waals surface area contributed by atoms with Crippen molar-refractivity contribution in [2.45, 2.75) is 63.6 Å². The number of hydrogen-bond donors (Lipinski definition) is 4. The molecule has 2 aromatic rings. The Balaban J connectivity index is 1.58. The van der Waals surface area contributed by atoms with Gasteiger partial charge in [-0.2, -0.15) is 0 Å². The molecule has 9 nitrogen and oxygen atoms in total. The zero-order chi connectivity index (χ0) is 27.7. The van der Waals surface area contributed by atoms with Gasteiger partial charge in [-0.25, -0.2) is 4.39 Å². The highest BCUT2D eigenvalue weighted by Crippen LogP contribution is 2.36. The molecular weight excluding hydrogens is 493 g/mol. The first-order chi connectivity index (χ1) is 18.0. The Morgan fingerprint density at radius 3 is 2.50 bits per heavy atom. The summed E-state index contributed by atoms with van der Waals surface area (Å²) in [5, 5.41) is 35.3. The number of ether oxygens (including phenoxy) is 1. The number of anilines is 1. The maximum atomic E-state index is 15.6. The first kappa shape index (κ1) is 27.9. The van der Waals surface area contributed by atoms with Gasteiger partial charge in [-0.3, -0.25) is 19.4 Å². The molecule has 0 aromatic heterocycles. The van der Waals surface area contributed by atoms with Crippen LogP contribution in [-0.4, -0.2) is 68.3 Å². The van der Waals surface area contributed by atoms with Gasteiger partial charge in [0.2, 0.25) is 0 Å². The maximum absolute atomic E-state index is 15.6. The normalized spacial score (nSPS) is 21.6. The van der Waals surface area contributed by atoms with E-state index >= 15 is 4.39 Å². The Hall–Kier alpha value is -3.15. The van der Waals surface area contributed by atoms with Gasteiger partial charge in [-0.05, 0) is 38.5 Å². The number of benzene rings is 2. The Morgan fingerprint density at radius 1 is 1.16 bits per heavy atom. The minimum atomic E-state index is -2.82. The fourth-order valence-electron chi connectivity index (χ4n) is 5.22. The number of nitrogens with zero attached hydrogens (tertiary/aromatic N) is 2. The van der Waals surface area contributed by atoms with Crippen LogP contribution in [0.1, 0.15) is 53.7 Å². The third-order valence-electron chi connectivity index (χ3n) is 6.99. The molecule has 0 bridgehead atoms. The van der Waals surface area contributed by atoms with Crippen molar-refractivity contribution in [3.63, 3.8) is 0 Å². The van der Waals surface area contributed by atoms with Crippen LogP contribution in [0.4, 0.5) is 10.1 Å². The number of halogens is 1. The fraction of sp³-hybridized carbons (Fsp3) is 0.429. The number of fused-ring (bicyclic) bond motifs is 1. The summed E-state index contributed by atoms with van der Waals surface area (Å²) in [5.41, 5.74) is -1.44. The van der Waals surface area contributed by atoms with E-state index < -0.39 is 23.4 Å². The van der Waals surface area contributed by atoms with Crippen molar-refractivity contribution in [2.75, 3.05) is 18.4 Å². The molecule has 204 valence electrons. The van der Waals surface area contributed by atoms with Crippen molar-refractivity contribution in [3.8, 4) is 0 Å². The topological polar surface area (TPSA) is 123 Å². The molecule has 4 N–H and O–H groups in total. The highest BCUT2D eigenvalue weighted by Gasteiger charge is 2.43. The zero-order valence-electron chi connectivity index (χ0n) is 21.6. The predicted octanol–water partition coefficient (Wildman–Crippen LogP) is 2.45. The molecular formula is C28H34FN3O6. The first-order valence-corrected chi connectivity index (χ1v) is 12.6. The van der Waals surface area contributed by atoms with E-state index in [1.54, 1.807) is 12.1 Å². The number of carbonyl (C=O) groups excluding carboxylic acids is 2. The lowest BCUT2D eigenvalue weighted by Crippen LogP contribution is -2.50. The third-order valence-corrected chi connectivity index (χ3v) is 6.99. The number of morpholine rings is 1. The Labute approximate surface area is 221 Å². The standard InChI is InChI=1S/C28H34FN3O6/c1-4-5-12-27(35,17-33)32-16-22-21(26(32)34)9-7-11-24(22)30-28(36,37)23-10-6-8-20(25(23)29)15-31-13-18(2)38-19(3)14-31/h4,6-11,17-19,30,35-37H,1,5,12-16H2,2-3H3. The van der Waals surface area contributed by atoms with Crippen LogP contribution in [0.15, 0.2) is 49.1 Å². The summed E-state index contributed by atoms with van der Waals surface area (Å²) in [6, 6.07) is 8.98. The van der Waals surface area contributed by atoms with E-state index in [0.29, 0.717) is 36.9 Å². The van der Waals surface area contributed by atoms with Crippen molar-refractivity contribution >= 4 is 17.9 Å². The molecule has 3 atom stereocenters. The molecule has 10 heteroatoms. The molecule has 1 saturated heterocycles. The van der Waals surface area contributed by atoms with Gasteiger partial charge in [0.25, 0.3) is 11.8 Å². The molecule has 0 radical (unpaired) electrons. The van der Waals surface area contributed by atoms with E-state index in [1.165, 1.54) is 30.3 Å². The second-order valence-corrected chi connectivity index (χ2v) is 10.1. The minimum Gasteiger partial charge on any atom is -0.373 e.